The number of nitrogens with zero attached hydrogens (tertiary/aromatic N) is 1. The normalized spacial score (nSPS) is 16.0. The topological polar surface area (TPSA) is 59.0 Å². The smallest absolute Gasteiger partial charge is 0.306 e. The number of hydrogen-bond donors (Lipinski definition) is 1. The monoisotopic (exact) mass is 383 g/mol. The number of rotatable bonds is 9. The fourth-order valence-electron chi connectivity index (χ4n) is 3.62. The van der Waals surface area contributed by atoms with Crippen molar-refractivity contribution in [2.45, 2.75) is 32.3 Å². The molecule has 0 aliphatic carbocycles. The highest BCUT2D eigenvalue weighted by Gasteiger charge is 2.20. The molecule has 5 nitrogen and oxygen atoms in total. The molecule has 0 aromatic heterocycles. The Morgan fingerprint density at radius 1 is 1.11 bits per heavy atom. The van der Waals surface area contributed by atoms with Crippen molar-refractivity contribution in [1.82, 2.24) is 0 Å². The van der Waals surface area contributed by atoms with Gasteiger partial charge in [0.25, 0.3) is 0 Å². The van der Waals surface area contributed by atoms with Gasteiger partial charge in [-0.2, -0.15) is 0 Å². The van der Waals surface area contributed by atoms with Crippen LogP contribution in [0.3, 0.4) is 0 Å². The van der Waals surface area contributed by atoms with E-state index in [0.29, 0.717) is 19.1 Å². The van der Waals surface area contributed by atoms with E-state index < -0.39 is 12.1 Å². The summed E-state index contributed by atoms with van der Waals surface area (Å²) in [5, 5.41) is 9.04. The third kappa shape index (κ3) is 5.73. The molecule has 5 heteroatoms. The van der Waals surface area contributed by atoms with Gasteiger partial charge in [-0.3, -0.25) is 4.79 Å². The van der Waals surface area contributed by atoms with Crippen LogP contribution >= 0.6 is 0 Å². The quantitative estimate of drug-likeness (QED) is 0.689. The van der Waals surface area contributed by atoms with E-state index in [1.807, 2.05) is 37.3 Å². The van der Waals surface area contributed by atoms with Crippen LogP contribution in [0.15, 0.2) is 54.6 Å². The minimum absolute atomic E-state index is 0.0337. The van der Waals surface area contributed by atoms with Crippen molar-refractivity contribution in [2.24, 2.45) is 5.92 Å². The SMILES string of the molecule is CCO[C@@H](CC(=O)O)c1ccc(OCC2CCN(c3ccccc3)CC2)cc1. The van der Waals surface area contributed by atoms with Gasteiger partial charge in [-0.1, -0.05) is 30.3 Å². The van der Waals surface area contributed by atoms with E-state index in [2.05, 4.69) is 29.2 Å². The Kier molecular flexibility index (Phi) is 7.31. The zero-order valence-electron chi connectivity index (χ0n) is 16.4. The molecule has 2 aromatic carbocycles. The van der Waals surface area contributed by atoms with E-state index in [1.54, 1.807) is 0 Å². The average molecular weight is 383 g/mol. The highest BCUT2D eigenvalue weighted by Crippen LogP contribution is 2.26. The predicted molar refractivity (Wildman–Crippen MR) is 110 cm³/mol. The minimum Gasteiger partial charge on any atom is -0.493 e. The van der Waals surface area contributed by atoms with E-state index in [0.717, 1.165) is 37.2 Å². The number of ether oxygens (including phenoxy) is 2. The second kappa shape index (κ2) is 10.1. The molecule has 0 spiro atoms. The molecule has 0 amide bonds. The number of hydrogen-bond acceptors (Lipinski definition) is 4. The molecule has 28 heavy (non-hydrogen) atoms. The Morgan fingerprint density at radius 2 is 1.79 bits per heavy atom. The third-order valence-electron chi connectivity index (χ3n) is 5.20. The van der Waals surface area contributed by atoms with Gasteiger partial charge in [0.2, 0.25) is 0 Å². The van der Waals surface area contributed by atoms with Crippen molar-refractivity contribution < 1.29 is 19.4 Å². The Balaban J connectivity index is 1.47. The van der Waals surface area contributed by atoms with E-state index in [9.17, 15) is 4.79 Å². The average Bonchev–Trinajstić information content (AvgIpc) is 2.73. The van der Waals surface area contributed by atoms with Gasteiger partial charge >= 0.3 is 5.97 Å². The molecule has 1 N–H and O–H groups in total. The summed E-state index contributed by atoms with van der Waals surface area (Å²) in [6.45, 7) is 5.18. The van der Waals surface area contributed by atoms with Gasteiger partial charge in [0, 0.05) is 25.4 Å². The summed E-state index contributed by atoms with van der Waals surface area (Å²) >= 11 is 0. The van der Waals surface area contributed by atoms with E-state index in [4.69, 9.17) is 14.6 Å². The molecular weight excluding hydrogens is 354 g/mol. The second-order valence-electron chi connectivity index (χ2n) is 7.19. The van der Waals surface area contributed by atoms with Gasteiger partial charge in [-0.25, -0.2) is 0 Å². The van der Waals surface area contributed by atoms with Gasteiger partial charge in [0.05, 0.1) is 19.1 Å². The Hall–Kier alpha value is -2.53. The number of benzene rings is 2. The first kappa shape index (κ1) is 20.2. The Morgan fingerprint density at radius 3 is 2.39 bits per heavy atom. The molecule has 0 unspecified atom stereocenters. The van der Waals surface area contributed by atoms with Crippen LogP contribution in [0.1, 0.15) is 37.9 Å². The van der Waals surface area contributed by atoms with Gasteiger partial charge in [0.15, 0.2) is 0 Å². The number of para-hydroxylation sites is 1. The molecule has 1 saturated heterocycles. The van der Waals surface area contributed by atoms with Crippen LogP contribution in [0.25, 0.3) is 0 Å². The van der Waals surface area contributed by atoms with Crippen LogP contribution in [-0.4, -0.2) is 37.4 Å². The van der Waals surface area contributed by atoms with Crippen molar-refractivity contribution in [3.05, 3.63) is 60.2 Å². The standard InChI is InChI=1S/C23H29NO4/c1-2-27-22(16-23(25)26)19-8-10-21(11-9-19)28-17-18-12-14-24(15-13-18)20-6-4-3-5-7-20/h3-11,18,22H,2,12-17H2,1H3,(H,25,26)/t22-/m0/s1. The summed E-state index contributed by atoms with van der Waals surface area (Å²) in [4.78, 5) is 13.4. The Bertz CT molecular complexity index is 724. The summed E-state index contributed by atoms with van der Waals surface area (Å²) in [7, 11) is 0. The van der Waals surface area contributed by atoms with Gasteiger partial charge in [0.1, 0.15) is 5.75 Å². The molecule has 1 fully saturated rings. The zero-order valence-corrected chi connectivity index (χ0v) is 16.4. The molecule has 1 atom stereocenters. The van der Waals surface area contributed by atoms with Crippen molar-refractivity contribution in [3.8, 4) is 5.75 Å². The van der Waals surface area contributed by atoms with Crippen LogP contribution in [-0.2, 0) is 9.53 Å². The number of carboxylic acids is 1. The lowest BCUT2D eigenvalue weighted by Gasteiger charge is -2.33. The van der Waals surface area contributed by atoms with E-state index in [1.165, 1.54) is 5.69 Å². The predicted octanol–water partition coefficient (Wildman–Crippen LogP) is 4.53. The fraction of sp³-hybridized carbons (Fsp3) is 0.435. The van der Waals surface area contributed by atoms with Gasteiger partial charge < -0.3 is 19.5 Å². The first-order valence-corrected chi connectivity index (χ1v) is 10.0. The van der Waals surface area contributed by atoms with Crippen molar-refractivity contribution >= 4 is 11.7 Å². The van der Waals surface area contributed by atoms with Gasteiger partial charge in [-0.15, -0.1) is 0 Å². The van der Waals surface area contributed by atoms with Crippen molar-refractivity contribution in [3.63, 3.8) is 0 Å². The first-order valence-electron chi connectivity index (χ1n) is 10.0. The summed E-state index contributed by atoms with van der Waals surface area (Å²) in [6, 6.07) is 18.2. The highest BCUT2D eigenvalue weighted by molar-refractivity contribution is 5.67. The second-order valence-corrected chi connectivity index (χ2v) is 7.19. The number of carbonyl (C=O) groups is 1. The first-order chi connectivity index (χ1) is 13.7. The molecule has 0 radical (unpaired) electrons. The lowest BCUT2D eigenvalue weighted by atomic mass is 9.97. The maximum Gasteiger partial charge on any atom is 0.306 e. The third-order valence-corrected chi connectivity index (χ3v) is 5.20. The molecule has 1 heterocycles. The minimum atomic E-state index is -0.861. The van der Waals surface area contributed by atoms with Crippen LogP contribution in [0.5, 0.6) is 5.75 Å². The zero-order chi connectivity index (χ0) is 19.8. The van der Waals surface area contributed by atoms with Crippen molar-refractivity contribution in [1.29, 1.82) is 0 Å². The Labute approximate surface area is 166 Å². The summed E-state index contributed by atoms with van der Waals surface area (Å²) in [5.41, 5.74) is 2.16. The largest absolute Gasteiger partial charge is 0.493 e. The molecule has 2 aromatic rings. The highest BCUT2D eigenvalue weighted by atomic mass is 16.5. The molecule has 1 aliphatic heterocycles. The van der Waals surface area contributed by atoms with Gasteiger partial charge in [-0.05, 0) is 55.5 Å². The number of aliphatic carboxylic acids is 1. The molecule has 1 aliphatic rings. The molecule has 0 bridgehead atoms. The number of carboxylic acid groups (broad SMARTS) is 1. The molecule has 3 rings (SSSR count). The van der Waals surface area contributed by atoms with Crippen LogP contribution < -0.4 is 9.64 Å². The van der Waals surface area contributed by atoms with Crippen molar-refractivity contribution in [2.75, 3.05) is 31.2 Å². The molecule has 0 saturated carbocycles. The van der Waals surface area contributed by atoms with Crippen LogP contribution in [0.2, 0.25) is 0 Å². The maximum absolute atomic E-state index is 11.0. The number of anilines is 1. The summed E-state index contributed by atoms with van der Waals surface area (Å²) in [5.74, 6) is 0.517. The van der Waals surface area contributed by atoms with E-state index >= 15 is 0 Å². The van der Waals surface area contributed by atoms with Crippen LogP contribution in [0.4, 0.5) is 5.69 Å². The lowest BCUT2D eigenvalue weighted by molar-refractivity contribution is -0.140. The number of piperidine rings is 1. The van der Waals surface area contributed by atoms with E-state index in [-0.39, 0.29) is 6.42 Å². The summed E-state index contributed by atoms with van der Waals surface area (Å²) < 4.78 is 11.5. The summed E-state index contributed by atoms with van der Waals surface area (Å²) in [6.07, 6.45) is 1.79. The lowest BCUT2D eigenvalue weighted by Crippen LogP contribution is -2.35. The molecular formula is C23H29NO4. The fourth-order valence-corrected chi connectivity index (χ4v) is 3.62. The molecule has 150 valence electrons. The van der Waals surface area contributed by atoms with Crippen LogP contribution in [0, 0.1) is 5.92 Å². The maximum atomic E-state index is 11.0.